The van der Waals surface area contributed by atoms with E-state index in [-0.39, 0.29) is 0 Å². The van der Waals surface area contributed by atoms with Gasteiger partial charge in [0.15, 0.2) is 0 Å². The summed E-state index contributed by atoms with van der Waals surface area (Å²) in [6, 6.07) is 0. The number of nitroso groups, excluding NO2 is 1. The zero-order chi connectivity index (χ0) is 8.15. The number of ether oxygens (including phenoxy) is 1. The molecule has 0 aromatic rings. The van der Waals surface area contributed by atoms with E-state index in [1.165, 1.54) is 6.92 Å². The van der Waals surface area contributed by atoms with Crippen LogP contribution in [0.25, 0.3) is 0 Å². The molecular formula is C5H7NO4. The molecule has 5 heteroatoms. The van der Waals surface area contributed by atoms with Crippen molar-refractivity contribution < 1.29 is 14.6 Å². The maximum Gasteiger partial charge on any atom is 0.363 e. The Morgan fingerprint density at radius 2 is 2.10 bits per heavy atom. The molecule has 1 N–H and O–H groups in total. The Labute approximate surface area is 57.3 Å². The quantitative estimate of drug-likeness (QED) is 0.269. The van der Waals surface area contributed by atoms with Crippen molar-refractivity contribution >= 4 is 5.97 Å². The molecule has 0 aromatic carbocycles. The topological polar surface area (TPSA) is 76.0 Å². The molecule has 0 amide bonds. The molecule has 0 aliphatic carbocycles. The minimum atomic E-state index is -0.935. The van der Waals surface area contributed by atoms with E-state index < -0.39 is 17.4 Å². The summed E-state index contributed by atoms with van der Waals surface area (Å²) < 4.78 is 4.11. The second-order valence-electron chi connectivity index (χ2n) is 1.52. The van der Waals surface area contributed by atoms with Gasteiger partial charge in [0.1, 0.15) is 5.76 Å². The zero-order valence-electron chi connectivity index (χ0n) is 5.62. The highest BCUT2D eigenvalue weighted by atomic mass is 16.5. The molecule has 0 unspecified atom stereocenters. The van der Waals surface area contributed by atoms with Crippen LogP contribution in [0.15, 0.2) is 16.6 Å². The van der Waals surface area contributed by atoms with E-state index in [0.29, 0.717) is 0 Å². The highest BCUT2D eigenvalue weighted by Gasteiger charge is 2.13. The lowest BCUT2D eigenvalue weighted by atomic mass is 10.4. The van der Waals surface area contributed by atoms with Gasteiger partial charge in [0, 0.05) is 0 Å². The molecule has 0 heterocycles. The number of allylic oxidation sites excluding steroid dienone is 1. The van der Waals surface area contributed by atoms with Gasteiger partial charge in [-0.1, -0.05) is 0 Å². The standard InChI is InChI=1S/C5H7NO4/c1-3(7)4(6-9)5(8)10-2/h7H,1-2H3. The second kappa shape index (κ2) is 3.60. The largest absolute Gasteiger partial charge is 0.510 e. The van der Waals surface area contributed by atoms with Crippen molar-refractivity contribution in [3.05, 3.63) is 16.4 Å². The number of nitrogens with zero attached hydrogens (tertiary/aromatic N) is 1. The van der Waals surface area contributed by atoms with Gasteiger partial charge in [-0.15, -0.1) is 4.91 Å². The van der Waals surface area contributed by atoms with E-state index in [4.69, 9.17) is 5.11 Å². The van der Waals surface area contributed by atoms with Crippen LogP contribution < -0.4 is 0 Å². The first-order valence-electron chi connectivity index (χ1n) is 2.45. The van der Waals surface area contributed by atoms with E-state index >= 15 is 0 Å². The summed E-state index contributed by atoms with van der Waals surface area (Å²) in [6.45, 7) is 1.17. The van der Waals surface area contributed by atoms with Crippen LogP contribution in [-0.4, -0.2) is 18.2 Å². The lowest BCUT2D eigenvalue weighted by Crippen LogP contribution is -2.04. The van der Waals surface area contributed by atoms with Crippen LogP contribution >= 0.6 is 0 Å². The Balaban J connectivity index is 4.53. The van der Waals surface area contributed by atoms with Crippen LogP contribution in [0.1, 0.15) is 6.92 Å². The van der Waals surface area contributed by atoms with Crippen molar-refractivity contribution in [1.29, 1.82) is 0 Å². The second-order valence-corrected chi connectivity index (χ2v) is 1.52. The summed E-state index contributed by atoms with van der Waals surface area (Å²) in [5.41, 5.74) is -0.595. The fourth-order valence-electron chi connectivity index (χ4n) is 0.348. The van der Waals surface area contributed by atoms with E-state index in [9.17, 15) is 9.70 Å². The number of hydrogen-bond acceptors (Lipinski definition) is 5. The lowest BCUT2D eigenvalue weighted by Gasteiger charge is -1.95. The number of aliphatic hydroxyl groups excluding tert-OH is 1. The molecule has 0 bridgehead atoms. The average molecular weight is 145 g/mol. The molecule has 0 radical (unpaired) electrons. The predicted octanol–water partition coefficient (Wildman–Crippen LogP) is 0.715. The molecule has 0 atom stereocenters. The van der Waals surface area contributed by atoms with Crippen molar-refractivity contribution in [3.8, 4) is 0 Å². The van der Waals surface area contributed by atoms with Gasteiger partial charge in [0.2, 0.25) is 5.70 Å². The van der Waals surface area contributed by atoms with Gasteiger partial charge >= 0.3 is 5.97 Å². The van der Waals surface area contributed by atoms with Gasteiger partial charge in [-0.25, -0.2) is 4.79 Å². The van der Waals surface area contributed by atoms with Crippen molar-refractivity contribution in [1.82, 2.24) is 0 Å². The number of aliphatic hydroxyl groups is 1. The molecule has 0 rings (SSSR count). The Morgan fingerprint density at radius 3 is 2.20 bits per heavy atom. The molecule has 5 nitrogen and oxygen atoms in total. The van der Waals surface area contributed by atoms with Crippen molar-refractivity contribution in [2.75, 3.05) is 7.11 Å². The third-order valence-electron chi connectivity index (χ3n) is 0.813. The molecule has 0 fully saturated rings. The van der Waals surface area contributed by atoms with Crippen molar-refractivity contribution in [2.24, 2.45) is 5.18 Å². The van der Waals surface area contributed by atoms with Crippen LogP contribution in [0.5, 0.6) is 0 Å². The third kappa shape index (κ3) is 1.85. The van der Waals surface area contributed by atoms with Gasteiger partial charge in [-0.2, -0.15) is 0 Å². The molecule has 0 spiro atoms. The Hall–Kier alpha value is -1.39. The first-order chi connectivity index (χ1) is 4.63. The summed E-state index contributed by atoms with van der Waals surface area (Å²) in [5, 5.41) is 10.9. The first-order valence-corrected chi connectivity index (χ1v) is 2.45. The van der Waals surface area contributed by atoms with Gasteiger partial charge in [0.05, 0.1) is 7.11 Å². The normalized spacial score (nSPS) is 11.8. The third-order valence-corrected chi connectivity index (χ3v) is 0.813. The molecule has 0 saturated heterocycles. The fourth-order valence-corrected chi connectivity index (χ4v) is 0.348. The van der Waals surface area contributed by atoms with Crippen LogP contribution in [0.2, 0.25) is 0 Å². The lowest BCUT2D eigenvalue weighted by molar-refractivity contribution is -0.136. The van der Waals surface area contributed by atoms with Gasteiger partial charge < -0.3 is 9.84 Å². The first kappa shape index (κ1) is 8.61. The van der Waals surface area contributed by atoms with E-state index in [0.717, 1.165) is 7.11 Å². The molecule has 0 saturated carbocycles. The molecule has 56 valence electrons. The SMILES string of the molecule is COC(=O)C(N=O)=C(C)O. The summed E-state index contributed by atoms with van der Waals surface area (Å²) in [4.78, 5) is 20.2. The number of carbonyl (C=O) groups excluding carboxylic acids is 1. The van der Waals surface area contributed by atoms with Gasteiger partial charge in [0.25, 0.3) is 0 Å². The Bertz CT molecular complexity index is 180. The molecule has 10 heavy (non-hydrogen) atoms. The monoisotopic (exact) mass is 145 g/mol. The van der Waals surface area contributed by atoms with Crippen LogP contribution in [0.3, 0.4) is 0 Å². The summed E-state index contributed by atoms with van der Waals surface area (Å²) in [7, 11) is 1.09. The molecule has 0 aliphatic rings. The number of esters is 1. The number of carbonyl (C=O) groups is 1. The van der Waals surface area contributed by atoms with Crippen LogP contribution in [0.4, 0.5) is 0 Å². The van der Waals surface area contributed by atoms with E-state index in [1.54, 1.807) is 0 Å². The molecule has 0 aliphatic heterocycles. The maximum absolute atomic E-state index is 10.5. The van der Waals surface area contributed by atoms with E-state index in [2.05, 4.69) is 9.91 Å². The van der Waals surface area contributed by atoms with Crippen LogP contribution in [0, 0.1) is 4.91 Å². The number of rotatable bonds is 2. The van der Waals surface area contributed by atoms with E-state index in [1.807, 2.05) is 0 Å². The smallest absolute Gasteiger partial charge is 0.363 e. The van der Waals surface area contributed by atoms with Crippen molar-refractivity contribution in [2.45, 2.75) is 6.92 Å². The summed E-state index contributed by atoms with van der Waals surface area (Å²) in [5.74, 6) is -1.38. The summed E-state index contributed by atoms with van der Waals surface area (Å²) in [6.07, 6.45) is 0. The minimum absolute atomic E-state index is 0.443. The van der Waals surface area contributed by atoms with Crippen molar-refractivity contribution in [3.63, 3.8) is 0 Å². The number of methoxy groups -OCH3 is 1. The Kier molecular flexibility index (Phi) is 3.10. The highest BCUT2D eigenvalue weighted by molar-refractivity contribution is 5.88. The molecule has 0 aromatic heterocycles. The zero-order valence-corrected chi connectivity index (χ0v) is 5.62. The fraction of sp³-hybridized carbons (Fsp3) is 0.400. The Morgan fingerprint density at radius 1 is 1.60 bits per heavy atom. The predicted molar refractivity (Wildman–Crippen MR) is 33.1 cm³/mol. The minimum Gasteiger partial charge on any atom is -0.510 e. The molecular weight excluding hydrogens is 138 g/mol. The van der Waals surface area contributed by atoms with Gasteiger partial charge in [-0.05, 0) is 12.1 Å². The summed E-state index contributed by atoms with van der Waals surface area (Å²) >= 11 is 0. The van der Waals surface area contributed by atoms with Crippen LogP contribution in [-0.2, 0) is 9.53 Å². The highest BCUT2D eigenvalue weighted by Crippen LogP contribution is 2.03. The number of hydrogen-bond donors (Lipinski definition) is 1. The average Bonchev–Trinajstić information content (AvgIpc) is 1.88. The maximum atomic E-state index is 10.5. The van der Waals surface area contributed by atoms with Gasteiger partial charge in [-0.3, -0.25) is 0 Å².